The standard InChI is InChI=1S/C11H21NS.ClH/c1-2-4-10(5-3-1)13-11-6-8-12-9-7-11;/h10-12H,1-9H2;1H. The second-order valence-corrected chi connectivity index (χ2v) is 5.95. The molecule has 2 aliphatic rings. The summed E-state index contributed by atoms with van der Waals surface area (Å²) in [6, 6.07) is 0. The molecule has 1 heterocycles. The van der Waals surface area contributed by atoms with E-state index >= 15 is 0 Å². The molecule has 1 aliphatic heterocycles. The molecule has 1 saturated carbocycles. The van der Waals surface area contributed by atoms with Gasteiger partial charge >= 0.3 is 0 Å². The Morgan fingerprint density at radius 2 is 1.36 bits per heavy atom. The van der Waals surface area contributed by atoms with Crippen LogP contribution in [0.25, 0.3) is 0 Å². The molecule has 0 unspecified atom stereocenters. The first-order chi connectivity index (χ1) is 6.45. The summed E-state index contributed by atoms with van der Waals surface area (Å²) in [7, 11) is 0. The number of hydrogen-bond acceptors (Lipinski definition) is 2. The Balaban J connectivity index is 0.000000980. The monoisotopic (exact) mass is 235 g/mol. The molecule has 14 heavy (non-hydrogen) atoms. The van der Waals surface area contributed by atoms with Crippen molar-refractivity contribution in [1.29, 1.82) is 0 Å². The molecule has 84 valence electrons. The molecule has 0 aromatic rings. The lowest BCUT2D eigenvalue weighted by Crippen LogP contribution is -2.30. The van der Waals surface area contributed by atoms with Gasteiger partial charge in [-0.3, -0.25) is 0 Å². The molecule has 2 rings (SSSR count). The molecule has 1 N–H and O–H groups in total. The predicted molar refractivity (Wildman–Crippen MR) is 67.6 cm³/mol. The fraction of sp³-hybridized carbons (Fsp3) is 1.00. The van der Waals surface area contributed by atoms with Gasteiger partial charge in [0.2, 0.25) is 0 Å². The highest BCUT2D eigenvalue weighted by Crippen LogP contribution is 2.33. The van der Waals surface area contributed by atoms with Gasteiger partial charge in [-0.25, -0.2) is 0 Å². The Kier molecular flexibility index (Phi) is 6.31. The van der Waals surface area contributed by atoms with Crippen LogP contribution in [0, 0.1) is 0 Å². The molecular weight excluding hydrogens is 214 g/mol. The van der Waals surface area contributed by atoms with Crippen molar-refractivity contribution < 1.29 is 0 Å². The molecule has 1 aliphatic carbocycles. The highest BCUT2D eigenvalue weighted by Gasteiger charge is 2.20. The average Bonchev–Trinajstić information content (AvgIpc) is 2.21. The van der Waals surface area contributed by atoms with Gasteiger partial charge in [0.1, 0.15) is 0 Å². The third-order valence-corrected chi connectivity index (χ3v) is 4.94. The van der Waals surface area contributed by atoms with Crippen molar-refractivity contribution in [1.82, 2.24) is 5.32 Å². The van der Waals surface area contributed by atoms with E-state index < -0.39 is 0 Å². The first-order valence-electron chi connectivity index (χ1n) is 5.81. The van der Waals surface area contributed by atoms with Crippen molar-refractivity contribution in [3.63, 3.8) is 0 Å². The van der Waals surface area contributed by atoms with Crippen molar-refractivity contribution in [2.75, 3.05) is 13.1 Å². The zero-order valence-corrected chi connectivity index (χ0v) is 10.5. The van der Waals surface area contributed by atoms with Crippen molar-refractivity contribution in [2.45, 2.75) is 55.4 Å². The van der Waals surface area contributed by atoms with E-state index in [4.69, 9.17) is 0 Å². The summed E-state index contributed by atoms with van der Waals surface area (Å²) in [6.07, 6.45) is 10.3. The maximum atomic E-state index is 3.44. The Hall–Kier alpha value is 0.600. The van der Waals surface area contributed by atoms with Crippen LogP contribution in [0.5, 0.6) is 0 Å². The normalized spacial score (nSPS) is 25.7. The third-order valence-electron chi connectivity index (χ3n) is 3.22. The van der Waals surface area contributed by atoms with Crippen molar-refractivity contribution >= 4 is 24.2 Å². The van der Waals surface area contributed by atoms with Crippen molar-refractivity contribution in [3.8, 4) is 0 Å². The van der Waals surface area contributed by atoms with Gasteiger partial charge in [-0.05, 0) is 38.8 Å². The number of thioether (sulfide) groups is 1. The van der Waals surface area contributed by atoms with Crippen LogP contribution in [-0.4, -0.2) is 23.6 Å². The SMILES string of the molecule is C1CCC(SC2CCNCC2)CC1.Cl. The molecule has 2 fully saturated rings. The van der Waals surface area contributed by atoms with Crippen molar-refractivity contribution in [2.24, 2.45) is 0 Å². The Morgan fingerprint density at radius 3 is 2.00 bits per heavy atom. The van der Waals surface area contributed by atoms with Crippen LogP contribution < -0.4 is 5.32 Å². The molecule has 0 aromatic carbocycles. The van der Waals surface area contributed by atoms with E-state index in [0.717, 1.165) is 10.5 Å². The van der Waals surface area contributed by atoms with E-state index in [2.05, 4.69) is 17.1 Å². The van der Waals surface area contributed by atoms with E-state index in [9.17, 15) is 0 Å². The maximum Gasteiger partial charge on any atom is 0.00739 e. The Morgan fingerprint density at radius 1 is 0.786 bits per heavy atom. The fourth-order valence-electron chi connectivity index (χ4n) is 2.40. The summed E-state index contributed by atoms with van der Waals surface area (Å²) < 4.78 is 0. The minimum Gasteiger partial charge on any atom is -0.317 e. The lowest BCUT2D eigenvalue weighted by molar-refractivity contribution is 0.502. The van der Waals surface area contributed by atoms with E-state index in [1.54, 1.807) is 0 Å². The Bertz CT molecular complexity index is 126. The summed E-state index contributed by atoms with van der Waals surface area (Å²) >= 11 is 2.30. The summed E-state index contributed by atoms with van der Waals surface area (Å²) in [6.45, 7) is 2.51. The molecule has 3 heteroatoms. The number of halogens is 1. The first-order valence-corrected chi connectivity index (χ1v) is 6.75. The topological polar surface area (TPSA) is 12.0 Å². The molecule has 0 spiro atoms. The van der Waals surface area contributed by atoms with E-state index in [0.29, 0.717) is 0 Å². The van der Waals surface area contributed by atoms with E-state index in [1.807, 2.05) is 0 Å². The number of piperidine rings is 1. The van der Waals surface area contributed by atoms with Gasteiger partial charge in [0, 0.05) is 10.5 Å². The van der Waals surface area contributed by atoms with E-state index in [-0.39, 0.29) is 12.4 Å². The average molecular weight is 236 g/mol. The zero-order chi connectivity index (χ0) is 8.93. The van der Waals surface area contributed by atoms with Gasteiger partial charge in [0.25, 0.3) is 0 Å². The highest BCUT2D eigenvalue weighted by molar-refractivity contribution is 8.00. The van der Waals surface area contributed by atoms with Crippen LogP contribution in [0.15, 0.2) is 0 Å². The molecule has 0 aromatic heterocycles. The van der Waals surface area contributed by atoms with Crippen molar-refractivity contribution in [3.05, 3.63) is 0 Å². The quantitative estimate of drug-likeness (QED) is 0.789. The summed E-state index contributed by atoms with van der Waals surface area (Å²) in [4.78, 5) is 0. The molecule has 1 saturated heterocycles. The second-order valence-electron chi connectivity index (χ2n) is 4.35. The van der Waals surface area contributed by atoms with Gasteiger partial charge in [0.05, 0.1) is 0 Å². The van der Waals surface area contributed by atoms with Crippen LogP contribution >= 0.6 is 24.2 Å². The maximum absolute atomic E-state index is 3.44. The zero-order valence-electron chi connectivity index (χ0n) is 8.84. The third kappa shape index (κ3) is 4.00. The summed E-state index contributed by atoms with van der Waals surface area (Å²) in [5, 5.41) is 5.43. The molecule has 0 radical (unpaired) electrons. The first kappa shape index (κ1) is 12.7. The van der Waals surface area contributed by atoms with Crippen LogP contribution in [-0.2, 0) is 0 Å². The molecular formula is C11H22ClNS. The minimum absolute atomic E-state index is 0. The number of rotatable bonds is 2. The van der Waals surface area contributed by atoms with Gasteiger partial charge < -0.3 is 5.32 Å². The lowest BCUT2D eigenvalue weighted by Gasteiger charge is -2.28. The van der Waals surface area contributed by atoms with Crippen LogP contribution in [0.1, 0.15) is 44.9 Å². The molecule has 0 bridgehead atoms. The van der Waals surface area contributed by atoms with Gasteiger partial charge in [-0.2, -0.15) is 11.8 Å². The van der Waals surface area contributed by atoms with Gasteiger partial charge in [-0.1, -0.05) is 19.3 Å². The number of nitrogens with one attached hydrogen (secondary N) is 1. The minimum atomic E-state index is 0. The van der Waals surface area contributed by atoms with Gasteiger partial charge in [0.15, 0.2) is 0 Å². The predicted octanol–water partition coefficient (Wildman–Crippen LogP) is 3.23. The van der Waals surface area contributed by atoms with Gasteiger partial charge in [-0.15, -0.1) is 12.4 Å². The largest absolute Gasteiger partial charge is 0.317 e. The van der Waals surface area contributed by atoms with E-state index in [1.165, 1.54) is 58.0 Å². The summed E-state index contributed by atoms with van der Waals surface area (Å²) in [5.41, 5.74) is 0. The number of hydrogen-bond donors (Lipinski definition) is 1. The second kappa shape index (κ2) is 6.97. The fourth-order valence-corrected chi connectivity index (χ4v) is 4.06. The van der Waals surface area contributed by atoms with Crippen LogP contribution in [0.4, 0.5) is 0 Å². The van der Waals surface area contributed by atoms with Crippen LogP contribution in [0.3, 0.4) is 0 Å². The highest BCUT2D eigenvalue weighted by atomic mass is 35.5. The molecule has 1 nitrogen and oxygen atoms in total. The Labute approximate surface area is 98.2 Å². The summed E-state index contributed by atoms with van der Waals surface area (Å²) in [5.74, 6) is 0. The molecule has 0 atom stereocenters. The van der Waals surface area contributed by atoms with Crippen LogP contribution in [0.2, 0.25) is 0 Å². The lowest BCUT2D eigenvalue weighted by atomic mass is 10.0. The molecule has 0 amide bonds. The smallest absolute Gasteiger partial charge is 0.00739 e.